The van der Waals surface area contributed by atoms with Gasteiger partial charge < -0.3 is 15.5 Å². The van der Waals surface area contributed by atoms with Gasteiger partial charge in [0, 0.05) is 37.9 Å². The van der Waals surface area contributed by atoms with E-state index in [4.69, 9.17) is 0 Å². The molecule has 1 aromatic carbocycles. The second-order valence-corrected chi connectivity index (χ2v) is 7.99. The van der Waals surface area contributed by atoms with Crippen LogP contribution in [0.4, 0.5) is 16.2 Å². The Bertz CT molecular complexity index is 622. The summed E-state index contributed by atoms with van der Waals surface area (Å²) in [4.78, 5) is 27.8. The van der Waals surface area contributed by atoms with Crippen LogP contribution in [0.2, 0.25) is 0 Å². The van der Waals surface area contributed by atoms with Crippen molar-refractivity contribution in [3.05, 3.63) is 24.3 Å². The lowest BCUT2D eigenvalue weighted by Crippen LogP contribution is -2.50. The fraction of sp³-hybridized carbons (Fsp3) is 0.619. The summed E-state index contributed by atoms with van der Waals surface area (Å²) in [6.45, 7) is 11.1. The van der Waals surface area contributed by atoms with Gasteiger partial charge in [-0.05, 0) is 62.0 Å². The molecule has 1 unspecified atom stereocenters. The summed E-state index contributed by atoms with van der Waals surface area (Å²) in [5, 5.41) is 5.89. The Balaban J connectivity index is 1.86. The molecule has 3 amide bonds. The maximum absolute atomic E-state index is 12.3. The summed E-state index contributed by atoms with van der Waals surface area (Å²) in [6.07, 6.45) is 2.47. The maximum atomic E-state index is 12.3. The number of carbonyl (C=O) groups excluding carboxylic acids is 2. The number of carbonyl (C=O) groups is 2. The number of nitrogens with one attached hydrogen (secondary N) is 2. The number of piperidine rings is 1. The number of likely N-dealkylation sites (tertiary alicyclic amines) is 1. The van der Waals surface area contributed by atoms with Crippen molar-refractivity contribution in [3.63, 3.8) is 0 Å². The number of urea groups is 1. The molecule has 1 aliphatic heterocycles. The third-order valence-electron chi connectivity index (χ3n) is 5.51. The van der Waals surface area contributed by atoms with Crippen LogP contribution in [-0.4, -0.2) is 49.6 Å². The van der Waals surface area contributed by atoms with Crippen LogP contribution in [0.25, 0.3) is 0 Å². The van der Waals surface area contributed by atoms with Gasteiger partial charge in [0.1, 0.15) is 0 Å². The van der Waals surface area contributed by atoms with Crippen molar-refractivity contribution in [3.8, 4) is 0 Å². The van der Waals surface area contributed by atoms with Crippen LogP contribution in [-0.2, 0) is 4.79 Å². The molecular formula is C21H34N4O2. The number of hydrogen-bond donors (Lipinski definition) is 2. The van der Waals surface area contributed by atoms with Gasteiger partial charge in [0.05, 0.1) is 0 Å². The second-order valence-electron chi connectivity index (χ2n) is 7.99. The van der Waals surface area contributed by atoms with Gasteiger partial charge in [-0.15, -0.1) is 0 Å². The molecule has 1 atom stereocenters. The van der Waals surface area contributed by atoms with Crippen LogP contribution < -0.4 is 15.5 Å². The molecule has 6 heteroatoms. The quantitative estimate of drug-likeness (QED) is 0.800. The van der Waals surface area contributed by atoms with Gasteiger partial charge in [0.2, 0.25) is 5.91 Å². The lowest BCUT2D eigenvalue weighted by molar-refractivity contribution is -0.116. The zero-order valence-corrected chi connectivity index (χ0v) is 17.3. The van der Waals surface area contributed by atoms with Crippen LogP contribution in [0.1, 0.15) is 40.5 Å². The number of nitrogens with zero attached hydrogens (tertiary/aromatic N) is 2. The Morgan fingerprint density at radius 2 is 1.78 bits per heavy atom. The van der Waals surface area contributed by atoms with Crippen LogP contribution >= 0.6 is 0 Å². The van der Waals surface area contributed by atoms with Crippen LogP contribution in [0.5, 0.6) is 0 Å². The summed E-state index contributed by atoms with van der Waals surface area (Å²) in [5.41, 5.74) is 1.51. The van der Waals surface area contributed by atoms with E-state index < -0.39 is 0 Å². The Hall–Kier alpha value is -2.08. The molecule has 1 aliphatic rings. The number of rotatable bonds is 6. The molecule has 0 aliphatic carbocycles. The zero-order valence-electron chi connectivity index (χ0n) is 17.3. The van der Waals surface area contributed by atoms with E-state index >= 15 is 0 Å². The molecule has 0 bridgehead atoms. The fourth-order valence-electron chi connectivity index (χ4n) is 3.47. The second kappa shape index (κ2) is 9.74. The molecule has 2 rings (SSSR count). The topological polar surface area (TPSA) is 64.7 Å². The lowest BCUT2D eigenvalue weighted by atomic mass is 9.94. The summed E-state index contributed by atoms with van der Waals surface area (Å²) in [7, 11) is 1.73. The normalized spacial score (nSPS) is 16.8. The molecule has 1 aromatic rings. The van der Waals surface area contributed by atoms with Crippen molar-refractivity contribution in [2.45, 2.75) is 46.6 Å². The minimum atomic E-state index is -0.196. The number of anilines is 2. The highest BCUT2D eigenvalue weighted by molar-refractivity contribution is 5.92. The van der Waals surface area contributed by atoms with E-state index in [-0.39, 0.29) is 11.9 Å². The Morgan fingerprint density at radius 3 is 2.30 bits per heavy atom. The SMILES string of the molecule is CC(=O)N(C)c1ccc(NC(=O)NCC(C(C)C)N2CCC(C)CC2)cc1. The van der Waals surface area contributed by atoms with Crippen molar-refractivity contribution >= 4 is 23.3 Å². The highest BCUT2D eigenvalue weighted by Gasteiger charge is 2.25. The predicted molar refractivity (Wildman–Crippen MR) is 111 cm³/mol. The van der Waals surface area contributed by atoms with Gasteiger partial charge in [-0.3, -0.25) is 9.69 Å². The summed E-state index contributed by atoms with van der Waals surface area (Å²) >= 11 is 0. The molecule has 1 fully saturated rings. The van der Waals surface area contributed by atoms with E-state index in [9.17, 15) is 9.59 Å². The lowest BCUT2D eigenvalue weighted by Gasteiger charge is -2.38. The van der Waals surface area contributed by atoms with E-state index in [1.807, 2.05) is 12.1 Å². The summed E-state index contributed by atoms with van der Waals surface area (Å²) < 4.78 is 0. The predicted octanol–water partition coefficient (Wildman–Crippen LogP) is 3.55. The van der Waals surface area contributed by atoms with Gasteiger partial charge >= 0.3 is 6.03 Å². The van der Waals surface area contributed by atoms with E-state index in [1.54, 1.807) is 24.1 Å². The molecule has 27 heavy (non-hydrogen) atoms. The van der Waals surface area contributed by atoms with Crippen molar-refractivity contribution in [2.75, 3.05) is 36.9 Å². The summed E-state index contributed by atoms with van der Waals surface area (Å²) in [6, 6.07) is 7.42. The molecule has 1 heterocycles. The van der Waals surface area contributed by atoms with E-state index in [0.29, 0.717) is 24.2 Å². The van der Waals surface area contributed by atoms with Crippen molar-refractivity contribution in [1.29, 1.82) is 0 Å². The first-order valence-corrected chi connectivity index (χ1v) is 9.91. The van der Waals surface area contributed by atoms with Gasteiger partial charge in [0.15, 0.2) is 0 Å². The molecule has 0 radical (unpaired) electrons. The van der Waals surface area contributed by atoms with Gasteiger partial charge in [-0.25, -0.2) is 4.79 Å². The van der Waals surface area contributed by atoms with E-state index in [0.717, 1.165) is 24.7 Å². The van der Waals surface area contributed by atoms with Gasteiger partial charge in [-0.2, -0.15) is 0 Å². The van der Waals surface area contributed by atoms with Crippen LogP contribution in [0, 0.1) is 11.8 Å². The third-order valence-corrected chi connectivity index (χ3v) is 5.51. The number of amides is 3. The summed E-state index contributed by atoms with van der Waals surface area (Å²) in [5.74, 6) is 1.26. The molecule has 0 saturated carbocycles. The Labute approximate surface area is 163 Å². The molecule has 150 valence electrons. The van der Waals surface area contributed by atoms with Crippen LogP contribution in [0.3, 0.4) is 0 Å². The first-order chi connectivity index (χ1) is 12.8. The monoisotopic (exact) mass is 374 g/mol. The van der Waals surface area contributed by atoms with Gasteiger partial charge in [-0.1, -0.05) is 20.8 Å². The number of hydrogen-bond acceptors (Lipinski definition) is 3. The molecule has 2 N–H and O–H groups in total. The molecule has 0 spiro atoms. The third kappa shape index (κ3) is 6.24. The first-order valence-electron chi connectivity index (χ1n) is 9.91. The molecule has 1 saturated heterocycles. The average Bonchev–Trinajstić information content (AvgIpc) is 2.63. The molecule has 0 aromatic heterocycles. The van der Waals surface area contributed by atoms with Crippen molar-refractivity contribution in [2.24, 2.45) is 11.8 Å². The minimum absolute atomic E-state index is 0.0275. The zero-order chi connectivity index (χ0) is 20.0. The van der Waals surface area contributed by atoms with Crippen LogP contribution in [0.15, 0.2) is 24.3 Å². The Morgan fingerprint density at radius 1 is 1.19 bits per heavy atom. The molecule has 6 nitrogen and oxygen atoms in total. The fourth-order valence-corrected chi connectivity index (χ4v) is 3.47. The smallest absolute Gasteiger partial charge is 0.319 e. The van der Waals surface area contributed by atoms with E-state index in [1.165, 1.54) is 19.8 Å². The Kier molecular flexibility index (Phi) is 7.66. The molecular weight excluding hydrogens is 340 g/mol. The van der Waals surface area contributed by atoms with E-state index in [2.05, 4.69) is 36.3 Å². The standard InChI is InChI=1S/C21H34N4O2/c1-15(2)20(25-12-10-16(3)11-13-25)14-22-21(27)23-18-6-8-19(9-7-18)24(5)17(4)26/h6-9,15-16,20H,10-14H2,1-5H3,(H2,22,23,27). The average molecular weight is 375 g/mol. The largest absolute Gasteiger partial charge is 0.336 e. The van der Waals surface area contributed by atoms with Gasteiger partial charge in [0.25, 0.3) is 0 Å². The van der Waals surface area contributed by atoms with Crippen molar-refractivity contribution < 1.29 is 9.59 Å². The van der Waals surface area contributed by atoms with Crippen molar-refractivity contribution in [1.82, 2.24) is 10.2 Å². The highest BCUT2D eigenvalue weighted by atomic mass is 16.2. The first kappa shape index (κ1) is 21.2. The number of benzene rings is 1. The minimum Gasteiger partial charge on any atom is -0.336 e. The maximum Gasteiger partial charge on any atom is 0.319 e. The highest BCUT2D eigenvalue weighted by Crippen LogP contribution is 2.21.